The molecule has 2 rings (SSSR count). The zero-order chi connectivity index (χ0) is 9.42. The first kappa shape index (κ1) is 8.97. The Morgan fingerprint density at radius 1 is 1.31 bits per heavy atom. The monoisotopic (exact) mass is 255 g/mol. The number of rotatable bonds is 0. The summed E-state index contributed by atoms with van der Waals surface area (Å²) in [6.45, 7) is 2.03. The van der Waals surface area contributed by atoms with Gasteiger partial charge in [-0.15, -0.1) is 0 Å². The summed E-state index contributed by atoms with van der Waals surface area (Å²) in [5.74, 6) is 0. The minimum absolute atomic E-state index is 0.563. The molecule has 0 aliphatic carbocycles. The summed E-state index contributed by atoms with van der Waals surface area (Å²) < 4.78 is 1.06. The van der Waals surface area contributed by atoms with Crippen LogP contribution in [0, 0.1) is 6.92 Å². The molecule has 0 N–H and O–H groups in total. The molecular weight excluding hydrogens is 249 g/mol. The third-order valence-corrected chi connectivity index (χ3v) is 2.79. The number of aromatic nitrogens is 1. The van der Waals surface area contributed by atoms with E-state index >= 15 is 0 Å². The number of aryl methyl sites for hydroxylation is 1. The molecule has 2 aromatic rings. The van der Waals surface area contributed by atoms with Gasteiger partial charge in [-0.1, -0.05) is 33.6 Å². The van der Waals surface area contributed by atoms with Crippen molar-refractivity contribution in [3.63, 3.8) is 0 Å². The maximum Gasteiger partial charge on any atom is 0.136 e. The average molecular weight is 257 g/mol. The normalized spacial score (nSPS) is 10.7. The van der Waals surface area contributed by atoms with Crippen LogP contribution < -0.4 is 0 Å². The maximum absolute atomic E-state index is 5.95. The van der Waals surface area contributed by atoms with E-state index in [0.29, 0.717) is 5.15 Å². The van der Waals surface area contributed by atoms with E-state index in [1.54, 1.807) is 6.20 Å². The van der Waals surface area contributed by atoms with E-state index in [2.05, 4.69) is 27.0 Å². The van der Waals surface area contributed by atoms with Crippen LogP contribution in [0.25, 0.3) is 10.8 Å². The van der Waals surface area contributed by atoms with E-state index in [4.69, 9.17) is 11.6 Å². The first-order chi connectivity index (χ1) is 6.18. The minimum atomic E-state index is 0.563. The lowest BCUT2D eigenvalue weighted by atomic mass is 10.1. The summed E-state index contributed by atoms with van der Waals surface area (Å²) in [7, 11) is 0. The second kappa shape index (κ2) is 3.28. The first-order valence-electron chi connectivity index (χ1n) is 3.89. The Morgan fingerprint density at radius 3 is 2.85 bits per heavy atom. The SMILES string of the molecule is Cc1cnc(Cl)c2ccc(Br)cc12. The van der Waals surface area contributed by atoms with Gasteiger partial charge < -0.3 is 0 Å². The second-order valence-electron chi connectivity index (χ2n) is 2.92. The highest BCUT2D eigenvalue weighted by molar-refractivity contribution is 9.10. The Balaban J connectivity index is 2.92. The van der Waals surface area contributed by atoms with E-state index < -0.39 is 0 Å². The summed E-state index contributed by atoms with van der Waals surface area (Å²) in [6, 6.07) is 6.00. The van der Waals surface area contributed by atoms with Crippen LogP contribution >= 0.6 is 27.5 Å². The molecule has 0 unspecified atom stereocenters. The average Bonchev–Trinajstić information content (AvgIpc) is 2.12. The van der Waals surface area contributed by atoms with Crippen molar-refractivity contribution >= 4 is 38.3 Å². The minimum Gasteiger partial charge on any atom is -0.244 e. The predicted molar refractivity (Wildman–Crippen MR) is 59.2 cm³/mol. The maximum atomic E-state index is 5.95. The van der Waals surface area contributed by atoms with Crippen molar-refractivity contribution < 1.29 is 0 Å². The van der Waals surface area contributed by atoms with Crippen molar-refractivity contribution in [3.05, 3.63) is 39.6 Å². The van der Waals surface area contributed by atoms with Gasteiger partial charge in [0, 0.05) is 16.1 Å². The Bertz CT molecular complexity index is 468. The highest BCUT2D eigenvalue weighted by Gasteiger charge is 2.02. The third-order valence-electron chi connectivity index (χ3n) is 2.00. The van der Waals surface area contributed by atoms with Gasteiger partial charge in [-0.3, -0.25) is 0 Å². The van der Waals surface area contributed by atoms with E-state index in [-0.39, 0.29) is 0 Å². The molecule has 0 radical (unpaired) electrons. The molecule has 0 bridgehead atoms. The molecule has 1 nitrogen and oxygen atoms in total. The molecule has 1 aromatic heterocycles. The lowest BCUT2D eigenvalue weighted by Gasteiger charge is -2.03. The van der Waals surface area contributed by atoms with E-state index in [1.807, 2.05) is 19.1 Å². The van der Waals surface area contributed by atoms with Gasteiger partial charge in [-0.05, 0) is 30.0 Å². The molecule has 1 heterocycles. The number of hydrogen-bond donors (Lipinski definition) is 0. The van der Waals surface area contributed by atoms with Gasteiger partial charge in [0.1, 0.15) is 5.15 Å². The van der Waals surface area contributed by atoms with Crippen molar-refractivity contribution in [1.29, 1.82) is 0 Å². The number of benzene rings is 1. The van der Waals surface area contributed by atoms with Crippen LogP contribution in [0.4, 0.5) is 0 Å². The molecular formula is C10H7BrClN. The fourth-order valence-electron chi connectivity index (χ4n) is 1.32. The smallest absolute Gasteiger partial charge is 0.136 e. The summed E-state index contributed by atoms with van der Waals surface area (Å²) in [5.41, 5.74) is 1.14. The van der Waals surface area contributed by atoms with E-state index in [0.717, 1.165) is 20.8 Å². The molecule has 1 aromatic carbocycles. The van der Waals surface area contributed by atoms with Crippen molar-refractivity contribution in [1.82, 2.24) is 4.98 Å². The van der Waals surface area contributed by atoms with Crippen molar-refractivity contribution in [2.75, 3.05) is 0 Å². The molecule has 0 fully saturated rings. The lowest BCUT2D eigenvalue weighted by molar-refractivity contribution is 1.31. The standard InChI is InChI=1S/C10H7BrClN/c1-6-5-13-10(12)8-3-2-7(11)4-9(6)8/h2-5H,1H3. The Kier molecular flexibility index (Phi) is 2.26. The van der Waals surface area contributed by atoms with E-state index in [1.165, 1.54) is 0 Å². The van der Waals surface area contributed by atoms with Gasteiger partial charge in [-0.2, -0.15) is 0 Å². The Hall–Kier alpha value is -0.600. The number of pyridine rings is 1. The summed E-state index contributed by atoms with van der Waals surface area (Å²) >= 11 is 9.38. The number of hydrogen-bond acceptors (Lipinski definition) is 1. The van der Waals surface area contributed by atoms with Crippen LogP contribution in [0.1, 0.15) is 5.56 Å². The van der Waals surface area contributed by atoms with Gasteiger partial charge in [0.15, 0.2) is 0 Å². The molecule has 0 saturated carbocycles. The van der Waals surface area contributed by atoms with Crippen molar-refractivity contribution in [2.24, 2.45) is 0 Å². The molecule has 0 spiro atoms. The predicted octanol–water partition coefficient (Wildman–Crippen LogP) is 3.96. The first-order valence-corrected chi connectivity index (χ1v) is 5.06. The van der Waals surface area contributed by atoms with Gasteiger partial charge in [0.2, 0.25) is 0 Å². The number of halogens is 2. The quantitative estimate of drug-likeness (QED) is 0.650. The molecule has 0 aliphatic rings. The van der Waals surface area contributed by atoms with Crippen LogP contribution in [-0.4, -0.2) is 4.98 Å². The molecule has 0 amide bonds. The third kappa shape index (κ3) is 1.56. The van der Waals surface area contributed by atoms with Gasteiger partial charge in [0.25, 0.3) is 0 Å². The summed E-state index contributed by atoms with van der Waals surface area (Å²) in [4.78, 5) is 4.09. The van der Waals surface area contributed by atoms with Crippen LogP contribution in [0.15, 0.2) is 28.9 Å². The van der Waals surface area contributed by atoms with Crippen LogP contribution in [-0.2, 0) is 0 Å². The highest BCUT2D eigenvalue weighted by Crippen LogP contribution is 2.26. The van der Waals surface area contributed by atoms with E-state index in [9.17, 15) is 0 Å². The molecule has 0 saturated heterocycles. The zero-order valence-electron chi connectivity index (χ0n) is 7.01. The Morgan fingerprint density at radius 2 is 2.08 bits per heavy atom. The highest BCUT2D eigenvalue weighted by atomic mass is 79.9. The summed E-state index contributed by atoms with van der Waals surface area (Å²) in [6.07, 6.45) is 1.79. The van der Waals surface area contributed by atoms with Crippen LogP contribution in [0.2, 0.25) is 5.15 Å². The number of fused-ring (bicyclic) bond motifs is 1. The van der Waals surface area contributed by atoms with Gasteiger partial charge >= 0.3 is 0 Å². The fourth-order valence-corrected chi connectivity index (χ4v) is 1.89. The van der Waals surface area contributed by atoms with Crippen molar-refractivity contribution in [2.45, 2.75) is 6.92 Å². The molecule has 13 heavy (non-hydrogen) atoms. The Labute approximate surface area is 89.9 Å². The zero-order valence-corrected chi connectivity index (χ0v) is 9.35. The van der Waals surface area contributed by atoms with Crippen molar-refractivity contribution in [3.8, 4) is 0 Å². The summed E-state index contributed by atoms with van der Waals surface area (Å²) in [5, 5.41) is 2.72. The van der Waals surface area contributed by atoms with Crippen LogP contribution in [0.5, 0.6) is 0 Å². The molecule has 66 valence electrons. The second-order valence-corrected chi connectivity index (χ2v) is 4.20. The topological polar surface area (TPSA) is 12.9 Å². The van der Waals surface area contributed by atoms with Gasteiger partial charge in [-0.25, -0.2) is 4.98 Å². The lowest BCUT2D eigenvalue weighted by Crippen LogP contribution is -1.83. The molecule has 0 atom stereocenters. The number of nitrogens with zero attached hydrogens (tertiary/aromatic N) is 1. The largest absolute Gasteiger partial charge is 0.244 e. The molecule has 3 heteroatoms. The fraction of sp³-hybridized carbons (Fsp3) is 0.100. The van der Waals surface area contributed by atoms with Gasteiger partial charge in [0.05, 0.1) is 0 Å². The van der Waals surface area contributed by atoms with Crippen LogP contribution in [0.3, 0.4) is 0 Å². The molecule has 0 aliphatic heterocycles.